The van der Waals surface area contributed by atoms with Crippen LogP contribution in [0, 0.1) is 0 Å². The Morgan fingerprint density at radius 2 is 1.68 bits per heavy atom. The van der Waals surface area contributed by atoms with Crippen LogP contribution < -0.4 is 5.32 Å². The van der Waals surface area contributed by atoms with E-state index in [1.165, 1.54) is 19.9 Å². The summed E-state index contributed by atoms with van der Waals surface area (Å²) in [4.78, 5) is 1.34. The summed E-state index contributed by atoms with van der Waals surface area (Å²) in [7, 11) is 0. The molecule has 1 nitrogen and oxygen atoms in total. The van der Waals surface area contributed by atoms with E-state index >= 15 is 0 Å². The van der Waals surface area contributed by atoms with E-state index in [0.717, 1.165) is 0 Å². The highest BCUT2D eigenvalue weighted by atomic mass is 79.9. The fourth-order valence-corrected chi connectivity index (χ4v) is 3.37. The molecule has 19 heavy (non-hydrogen) atoms. The molecule has 0 radical (unpaired) electrons. The largest absolute Gasteiger partial charge is 0.378 e. The summed E-state index contributed by atoms with van der Waals surface area (Å²) < 4.78 is 1.18. The third-order valence-corrected chi connectivity index (χ3v) is 4.96. The molecule has 1 atom stereocenters. The van der Waals surface area contributed by atoms with Gasteiger partial charge in [0.25, 0.3) is 0 Å². The highest BCUT2D eigenvalue weighted by Gasteiger charge is 2.13. The van der Waals surface area contributed by atoms with Crippen LogP contribution in [0.3, 0.4) is 0 Å². The minimum Gasteiger partial charge on any atom is -0.378 e. The summed E-state index contributed by atoms with van der Waals surface area (Å²) in [6, 6.07) is 13.3. The number of hydrogen-bond donors (Lipinski definition) is 1. The Bertz CT molecular complexity index is 537. The maximum atomic E-state index is 3.54. The molecular formula is C16H20BrNS. The van der Waals surface area contributed by atoms with Crippen LogP contribution in [0.25, 0.3) is 0 Å². The first-order valence-electron chi connectivity index (χ1n) is 6.48. The zero-order chi connectivity index (χ0) is 14.0. The lowest BCUT2D eigenvalue weighted by Gasteiger charge is -2.20. The lowest BCUT2D eigenvalue weighted by molar-refractivity contribution is 0.590. The molecule has 0 aliphatic rings. The Morgan fingerprint density at radius 1 is 1.05 bits per heavy atom. The van der Waals surface area contributed by atoms with Crippen molar-refractivity contribution in [3.8, 4) is 0 Å². The van der Waals surface area contributed by atoms with Crippen molar-refractivity contribution in [1.29, 1.82) is 0 Å². The molecular weight excluding hydrogens is 318 g/mol. The minimum absolute atomic E-state index is 0.211. The summed E-state index contributed by atoms with van der Waals surface area (Å²) in [6.45, 7) is 8.90. The molecule has 0 bridgehead atoms. The Kier molecular flexibility index (Phi) is 4.36. The summed E-state index contributed by atoms with van der Waals surface area (Å²) in [6.07, 6.45) is 0. The number of halogens is 1. The van der Waals surface area contributed by atoms with Crippen molar-refractivity contribution < 1.29 is 0 Å². The summed E-state index contributed by atoms with van der Waals surface area (Å²) in [5.74, 6) is 0. The third kappa shape index (κ3) is 3.83. The molecule has 3 heteroatoms. The van der Waals surface area contributed by atoms with Crippen LogP contribution in [0.5, 0.6) is 0 Å². The van der Waals surface area contributed by atoms with Gasteiger partial charge >= 0.3 is 0 Å². The molecule has 1 N–H and O–H groups in total. The van der Waals surface area contributed by atoms with Crippen molar-refractivity contribution in [2.24, 2.45) is 0 Å². The van der Waals surface area contributed by atoms with Crippen LogP contribution >= 0.6 is 27.3 Å². The quantitative estimate of drug-likeness (QED) is 0.726. The standard InChI is InChI=1S/C16H20BrNS/c1-11(14-9-10-15(17)19-14)18-13-7-5-12(6-8-13)16(2,3)4/h5-11,18H,1-4H3. The molecule has 0 saturated heterocycles. The molecule has 1 heterocycles. The van der Waals surface area contributed by atoms with E-state index in [1.807, 2.05) is 0 Å². The molecule has 102 valence electrons. The van der Waals surface area contributed by atoms with E-state index in [-0.39, 0.29) is 5.41 Å². The van der Waals surface area contributed by atoms with Gasteiger partial charge in [-0.3, -0.25) is 0 Å². The SMILES string of the molecule is CC(Nc1ccc(C(C)(C)C)cc1)c1ccc(Br)s1. The Balaban J connectivity index is 2.07. The van der Waals surface area contributed by atoms with Crippen molar-refractivity contribution in [2.45, 2.75) is 39.2 Å². The molecule has 0 spiro atoms. The molecule has 2 rings (SSSR count). The summed E-state index contributed by atoms with van der Waals surface area (Å²) in [5.41, 5.74) is 2.75. The zero-order valence-corrected chi connectivity index (χ0v) is 14.2. The van der Waals surface area contributed by atoms with Crippen molar-refractivity contribution >= 4 is 33.0 Å². The summed E-state index contributed by atoms with van der Waals surface area (Å²) >= 11 is 5.28. The predicted molar refractivity (Wildman–Crippen MR) is 89.2 cm³/mol. The molecule has 0 aliphatic carbocycles. The van der Waals surface area contributed by atoms with Crippen LogP contribution in [-0.2, 0) is 5.41 Å². The second kappa shape index (κ2) is 5.68. The second-order valence-corrected chi connectivity index (χ2v) is 8.33. The van der Waals surface area contributed by atoms with Gasteiger partial charge in [0.05, 0.1) is 9.83 Å². The first-order valence-corrected chi connectivity index (χ1v) is 8.09. The van der Waals surface area contributed by atoms with E-state index in [9.17, 15) is 0 Å². The molecule has 0 fully saturated rings. The first-order chi connectivity index (χ1) is 8.86. The molecule has 0 amide bonds. The highest BCUT2D eigenvalue weighted by molar-refractivity contribution is 9.11. The van der Waals surface area contributed by atoms with Crippen LogP contribution in [0.15, 0.2) is 40.2 Å². The normalized spacial score (nSPS) is 13.3. The van der Waals surface area contributed by atoms with Gasteiger partial charge in [-0.1, -0.05) is 32.9 Å². The first kappa shape index (κ1) is 14.6. The van der Waals surface area contributed by atoms with Gasteiger partial charge in [0.2, 0.25) is 0 Å². The van der Waals surface area contributed by atoms with E-state index in [1.54, 1.807) is 11.3 Å². The number of thiophene rings is 1. The van der Waals surface area contributed by atoms with Crippen LogP contribution in [0.1, 0.15) is 44.2 Å². The fraction of sp³-hybridized carbons (Fsp3) is 0.375. The molecule has 1 aromatic heterocycles. The van der Waals surface area contributed by atoms with Gasteiger partial charge in [-0.25, -0.2) is 0 Å². The third-order valence-electron chi connectivity index (χ3n) is 3.15. The maximum Gasteiger partial charge on any atom is 0.0702 e. The lowest BCUT2D eigenvalue weighted by Crippen LogP contribution is -2.11. The molecule has 0 aliphatic heterocycles. The predicted octanol–water partition coefficient (Wildman–Crippen LogP) is 5.98. The van der Waals surface area contributed by atoms with Crippen molar-refractivity contribution in [3.05, 3.63) is 50.6 Å². The number of benzene rings is 1. The van der Waals surface area contributed by atoms with Gasteiger partial charge in [-0.2, -0.15) is 0 Å². The van der Waals surface area contributed by atoms with E-state index in [4.69, 9.17) is 0 Å². The van der Waals surface area contributed by atoms with E-state index in [2.05, 4.69) is 85.3 Å². The van der Waals surface area contributed by atoms with Crippen LogP contribution in [0.2, 0.25) is 0 Å². The highest BCUT2D eigenvalue weighted by Crippen LogP contribution is 2.30. The zero-order valence-electron chi connectivity index (χ0n) is 11.8. The number of hydrogen-bond acceptors (Lipinski definition) is 2. The topological polar surface area (TPSA) is 12.0 Å². The van der Waals surface area contributed by atoms with Gasteiger partial charge in [0.1, 0.15) is 0 Å². The molecule has 0 saturated carbocycles. The van der Waals surface area contributed by atoms with Crippen molar-refractivity contribution in [3.63, 3.8) is 0 Å². The Labute approximate surface area is 128 Å². The number of rotatable bonds is 3. The summed E-state index contributed by atoms with van der Waals surface area (Å²) in [5, 5.41) is 3.54. The number of nitrogens with one attached hydrogen (secondary N) is 1. The van der Waals surface area contributed by atoms with Gasteiger partial charge in [-0.15, -0.1) is 11.3 Å². The van der Waals surface area contributed by atoms with E-state index < -0.39 is 0 Å². The van der Waals surface area contributed by atoms with Gasteiger partial charge in [-0.05, 0) is 58.1 Å². The molecule has 1 unspecified atom stereocenters. The Hall–Kier alpha value is -0.800. The van der Waals surface area contributed by atoms with Crippen molar-refractivity contribution in [1.82, 2.24) is 0 Å². The van der Waals surface area contributed by atoms with Crippen molar-refractivity contribution in [2.75, 3.05) is 5.32 Å². The van der Waals surface area contributed by atoms with Crippen LogP contribution in [0.4, 0.5) is 5.69 Å². The maximum absolute atomic E-state index is 3.54. The smallest absolute Gasteiger partial charge is 0.0702 e. The van der Waals surface area contributed by atoms with Gasteiger partial charge in [0, 0.05) is 10.6 Å². The lowest BCUT2D eigenvalue weighted by atomic mass is 9.87. The monoisotopic (exact) mass is 337 g/mol. The number of anilines is 1. The van der Waals surface area contributed by atoms with Gasteiger partial charge < -0.3 is 5.32 Å². The average Bonchev–Trinajstić information content (AvgIpc) is 2.75. The fourth-order valence-electron chi connectivity index (χ4n) is 1.95. The minimum atomic E-state index is 0.211. The van der Waals surface area contributed by atoms with Crippen LogP contribution in [-0.4, -0.2) is 0 Å². The van der Waals surface area contributed by atoms with E-state index in [0.29, 0.717) is 6.04 Å². The Morgan fingerprint density at radius 3 is 2.16 bits per heavy atom. The molecule has 2 aromatic rings. The van der Waals surface area contributed by atoms with Gasteiger partial charge in [0.15, 0.2) is 0 Å². The second-order valence-electron chi connectivity index (χ2n) is 5.84. The average molecular weight is 338 g/mol. The molecule has 1 aromatic carbocycles.